The van der Waals surface area contributed by atoms with Gasteiger partial charge in [-0.05, 0) is 24.1 Å². The van der Waals surface area contributed by atoms with Crippen molar-refractivity contribution in [3.63, 3.8) is 0 Å². The van der Waals surface area contributed by atoms with Crippen LogP contribution in [0.5, 0.6) is 0 Å². The normalized spacial score (nSPS) is 10.5. The van der Waals surface area contributed by atoms with E-state index < -0.39 is 0 Å². The molecule has 1 N–H and O–H groups in total. The molecule has 0 heterocycles. The van der Waals surface area contributed by atoms with Crippen LogP contribution in [-0.4, -0.2) is 12.2 Å². The fraction of sp³-hybridized carbons (Fsp3) is 0.250. The zero-order valence-corrected chi connectivity index (χ0v) is 11.2. The van der Waals surface area contributed by atoms with Gasteiger partial charge in [0.25, 0.3) is 0 Å². The van der Waals surface area contributed by atoms with Gasteiger partial charge in [-0.1, -0.05) is 36.4 Å². The number of nitrogens with zero attached hydrogens (tertiary/aromatic N) is 1. The Morgan fingerprint density at radius 2 is 1.74 bits per heavy atom. The standard InChI is InChI=1S/C16H18FNO/c1-12-6-3-4-7-13(12)10-18(2)16-14(11-19)8-5-9-15(16)17/h3-9,19H,10-11H2,1-2H3. The molecule has 2 rings (SSSR count). The number of aliphatic hydroxyl groups is 1. The smallest absolute Gasteiger partial charge is 0.146 e. The Kier molecular flexibility index (Phi) is 4.17. The van der Waals surface area contributed by atoms with Gasteiger partial charge in [-0.2, -0.15) is 0 Å². The minimum absolute atomic E-state index is 0.162. The summed E-state index contributed by atoms with van der Waals surface area (Å²) in [6.45, 7) is 2.49. The van der Waals surface area contributed by atoms with Crippen LogP contribution in [0.15, 0.2) is 42.5 Å². The van der Waals surface area contributed by atoms with Gasteiger partial charge in [-0.25, -0.2) is 4.39 Å². The summed E-state index contributed by atoms with van der Waals surface area (Å²) in [5.74, 6) is -0.303. The summed E-state index contributed by atoms with van der Waals surface area (Å²) in [4.78, 5) is 1.84. The topological polar surface area (TPSA) is 23.5 Å². The molecule has 2 aromatic rings. The molecule has 0 aliphatic rings. The number of halogens is 1. The Morgan fingerprint density at radius 1 is 1.05 bits per heavy atom. The van der Waals surface area contributed by atoms with Crippen LogP contribution in [0.25, 0.3) is 0 Å². The lowest BCUT2D eigenvalue weighted by Crippen LogP contribution is -2.20. The van der Waals surface area contributed by atoms with E-state index in [9.17, 15) is 9.50 Å². The number of aliphatic hydroxyl groups excluding tert-OH is 1. The molecule has 3 heteroatoms. The molecule has 100 valence electrons. The second-order valence-corrected chi connectivity index (χ2v) is 4.69. The van der Waals surface area contributed by atoms with E-state index in [4.69, 9.17) is 0 Å². The number of para-hydroxylation sites is 1. The summed E-state index contributed by atoms with van der Waals surface area (Å²) in [6.07, 6.45) is 0. The van der Waals surface area contributed by atoms with Crippen molar-refractivity contribution < 1.29 is 9.50 Å². The molecular formula is C16H18FNO. The summed E-state index contributed by atoms with van der Waals surface area (Å²) in [6, 6.07) is 12.8. The molecule has 0 radical (unpaired) electrons. The fourth-order valence-corrected chi connectivity index (χ4v) is 2.24. The van der Waals surface area contributed by atoms with E-state index in [1.807, 2.05) is 43.1 Å². The van der Waals surface area contributed by atoms with Gasteiger partial charge in [0, 0.05) is 19.2 Å². The van der Waals surface area contributed by atoms with Crippen LogP contribution >= 0.6 is 0 Å². The Balaban J connectivity index is 2.30. The second kappa shape index (κ2) is 5.85. The first kappa shape index (κ1) is 13.6. The second-order valence-electron chi connectivity index (χ2n) is 4.69. The number of aryl methyl sites for hydroxylation is 1. The molecule has 0 amide bonds. The van der Waals surface area contributed by atoms with E-state index in [2.05, 4.69) is 0 Å². The molecule has 0 unspecified atom stereocenters. The number of hydrogen-bond acceptors (Lipinski definition) is 2. The van der Waals surface area contributed by atoms with Gasteiger partial charge in [-0.3, -0.25) is 0 Å². The van der Waals surface area contributed by atoms with E-state index in [1.165, 1.54) is 11.6 Å². The third-order valence-electron chi connectivity index (χ3n) is 3.29. The molecule has 0 aromatic heterocycles. The lowest BCUT2D eigenvalue weighted by molar-refractivity contribution is 0.281. The predicted molar refractivity (Wildman–Crippen MR) is 75.6 cm³/mol. The summed E-state index contributed by atoms with van der Waals surface area (Å²) in [7, 11) is 1.84. The maximum absolute atomic E-state index is 13.9. The quantitative estimate of drug-likeness (QED) is 0.911. The van der Waals surface area contributed by atoms with Crippen molar-refractivity contribution >= 4 is 5.69 Å². The first-order chi connectivity index (χ1) is 9.13. The lowest BCUT2D eigenvalue weighted by Gasteiger charge is -2.23. The van der Waals surface area contributed by atoms with Crippen molar-refractivity contribution in [2.75, 3.05) is 11.9 Å². The number of benzene rings is 2. The average molecular weight is 259 g/mol. The zero-order valence-electron chi connectivity index (χ0n) is 11.2. The van der Waals surface area contributed by atoms with Gasteiger partial charge >= 0.3 is 0 Å². The fourth-order valence-electron chi connectivity index (χ4n) is 2.24. The highest BCUT2D eigenvalue weighted by Gasteiger charge is 2.13. The van der Waals surface area contributed by atoms with Gasteiger partial charge in [0.15, 0.2) is 0 Å². The molecule has 0 atom stereocenters. The van der Waals surface area contributed by atoms with Crippen LogP contribution in [0.3, 0.4) is 0 Å². The molecule has 2 aromatic carbocycles. The minimum Gasteiger partial charge on any atom is -0.392 e. The van der Waals surface area contributed by atoms with E-state index in [1.54, 1.807) is 12.1 Å². The zero-order chi connectivity index (χ0) is 13.8. The van der Waals surface area contributed by atoms with Crippen LogP contribution in [0.1, 0.15) is 16.7 Å². The summed E-state index contributed by atoms with van der Waals surface area (Å²) < 4.78 is 13.9. The first-order valence-corrected chi connectivity index (χ1v) is 6.27. The number of hydrogen-bond donors (Lipinski definition) is 1. The molecule has 0 bridgehead atoms. The third kappa shape index (κ3) is 2.93. The Labute approximate surface area is 113 Å². The minimum atomic E-state index is -0.303. The average Bonchev–Trinajstić information content (AvgIpc) is 2.40. The summed E-state index contributed by atoms with van der Waals surface area (Å²) in [5, 5.41) is 9.32. The van der Waals surface area contributed by atoms with Crippen molar-refractivity contribution in [3.05, 3.63) is 65.0 Å². The molecule has 0 saturated carbocycles. The molecule has 0 saturated heterocycles. The van der Waals surface area contributed by atoms with Crippen molar-refractivity contribution in [3.8, 4) is 0 Å². The molecule has 2 nitrogen and oxygen atoms in total. The van der Waals surface area contributed by atoms with E-state index in [-0.39, 0.29) is 12.4 Å². The van der Waals surface area contributed by atoms with E-state index in [0.717, 1.165) is 5.56 Å². The van der Waals surface area contributed by atoms with Crippen molar-refractivity contribution in [2.24, 2.45) is 0 Å². The van der Waals surface area contributed by atoms with Crippen molar-refractivity contribution in [1.29, 1.82) is 0 Å². The lowest BCUT2D eigenvalue weighted by atomic mass is 10.1. The highest BCUT2D eigenvalue weighted by atomic mass is 19.1. The summed E-state index contributed by atoms with van der Waals surface area (Å²) in [5.41, 5.74) is 3.40. The van der Waals surface area contributed by atoms with Gasteiger partial charge in [-0.15, -0.1) is 0 Å². The number of anilines is 1. The van der Waals surface area contributed by atoms with E-state index >= 15 is 0 Å². The van der Waals surface area contributed by atoms with Crippen LogP contribution in [0, 0.1) is 12.7 Å². The van der Waals surface area contributed by atoms with E-state index in [0.29, 0.717) is 17.8 Å². The van der Waals surface area contributed by atoms with Crippen LogP contribution in [0.4, 0.5) is 10.1 Å². The SMILES string of the molecule is Cc1ccccc1CN(C)c1c(F)cccc1CO. The maximum Gasteiger partial charge on any atom is 0.146 e. The molecule has 0 spiro atoms. The Bertz CT molecular complexity index is 568. The van der Waals surface area contributed by atoms with Crippen molar-refractivity contribution in [1.82, 2.24) is 0 Å². The molecular weight excluding hydrogens is 241 g/mol. The highest BCUT2D eigenvalue weighted by Crippen LogP contribution is 2.25. The first-order valence-electron chi connectivity index (χ1n) is 6.27. The van der Waals surface area contributed by atoms with Gasteiger partial charge in [0.1, 0.15) is 5.82 Å². The monoisotopic (exact) mass is 259 g/mol. The Morgan fingerprint density at radius 3 is 2.42 bits per heavy atom. The molecule has 0 aliphatic carbocycles. The highest BCUT2D eigenvalue weighted by molar-refractivity contribution is 5.54. The van der Waals surface area contributed by atoms with Gasteiger partial charge in [0.05, 0.1) is 12.3 Å². The Hall–Kier alpha value is -1.87. The third-order valence-corrected chi connectivity index (χ3v) is 3.29. The van der Waals surface area contributed by atoms with Crippen LogP contribution in [-0.2, 0) is 13.2 Å². The van der Waals surface area contributed by atoms with Crippen LogP contribution in [0.2, 0.25) is 0 Å². The molecule has 19 heavy (non-hydrogen) atoms. The van der Waals surface area contributed by atoms with Gasteiger partial charge in [0.2, 0.25) is 0 Å². The van der Waals surface area contributed by atoms with Gasteiger partial charge < -0.3 is 10.0 Å². The number of rotatable bonds is 4. The van der Waals surface area contributed by atoms with Crippen molar-refractivity contribution in [2.45, 2.75) is 20.1 Å². The molecule has 0 aliphatic heterocycles. The van der Waals surface area contributed by atoms with Crippen LogP contribution < -0.4 is 4.90 Å². The maximum atomic E-state index is 13.9. The summed E-state index contributed by atoms with van der Waals surface area (Å²) >= 11 is 0. The molecule has 0 fully saturated rings. The largest absolute Gasteiger partial charge is 0.392 e. The predicted octanol–water partition coefficient (Wildman–Crippen LogP) is 3.26.